The number of alkyl halides is 3. The van der Waals surface area contributed by atoms with Gasteiger partial charge in [-0.2, -0.15) is 18.3 Å². The van der Waals surface area contributed by atoms with Crippen LogP contribution in [0.15, 0.2) is 6.20 Å². The van der Waals surface area contributed by atoms with E-state index in [4.69, 9.17) is 0 Å². The van der Waals surface area contributed by atoms with Crippen LogP contribution in [-0.2, 0) is 13.2 Å². The van der Waals surface area contributed by atoms with E-state index in [1.807, 2.05) is 0 Å². The van der Waals surface area contributed by atoms with E-state index in [2.05, 4.69) is 10.4 Å². The molecule has 2 rings (SSSR count). The summed E-state index contributed by atoms with van der Waals surface area (Å²) in [6.45, 7) is 1.37. The third-order valence-electron chi connectivity index (χ3n) is 2.74. The number of rotatable bonds is 1. The summed E-state index contributed by atoms with van der Waals surface area (Å²) in [6.07, 6.45) is -2.65. The third-order valence-corrected chi connectivity index (χ3v) is 2.74. The zero-order valence-corrected chi connectivity index (χ0v) is 8.30. The maximum atomic E-state index is 12.6. The van der Waals surface area contributed by atoms with Gasteiger partial charge in [0.1, 0.15) is 0 Å². The first-order valence-electron chi connectivity index (χ1n) is 4.80. The summed E-state index contributed by atoms with van der Waals surface area (Å²) in [4.78, 5) is 0. The molecule has 1 aromatic rings. The van der Waals surface area contributed by atoms with Crippen LogP contribution >= 0.6 is 0 Å². The van der Waals surface area contributed by atoms with Crippen LogP contribution in [-0.4, -0.2) is 22.9 Å². The van der Waals surface area contributed by atoms with Crippen LogP contribution in [0.3, 0.4) is 0 Å². The fourth-order valence-electron chi connectivity index (χ4n) is 2.04. The highest BCUT2D eigenvalue weighted by Crippen LogP contribution is 2.36. The predicted octanol–water partition coefficient (Wildman–Crippen LogP) is 1.52. The normalized spacial score (nSPS) is 22.3. The summed E-state index contributed by atoms with van der Waals surface area (Å²) in [7, 11) is 1.56. The van der Waals surface area contributed by atoms with Crippen LogP contribution in [0.25, 0.3) is 0 Å². The van der Waals surface area contributed by atoms with Gasteiger partial charge in [0, 0.05) is 19.5 Å². The number of halogens is 3. The molecular formula is C9H12F3N3. The average Bonchev–Trinajstić information content (AvgIpc) is 2.69. The van der Waals surface area contributed by atoms with Gasteiger partial charge in [-0.05, 0) is 13.0 Å². The van der Waals surface area contributed by atoms with Gasteiger partial charge in [-0.25, -0.2) is 0 Å². The Bertz CT molecular complexity index is 350. The lowest BCUT2D eigenvalue weighted by atomic mass is 10.0. The molecule has 0 saturated carbocycles. The minimum Gasteiger partial charge on any atom is -0.316 e. The Morgan fingerprint density at radius 3 is 2.80 bits per heavy atom. The van der Waals surface area contributed by atoms with Crippen molar-refractivity contribution < 1.29 is 13.2 Å². The van der Waals surface area contributed by atoms with Crippen molar-refractivity contribution in [3.8, 4) is 0 Å². The van der Waals surface area contributed by atoms with Crippen LogP contribution in [0.4, 0.5) is 13.2 Å². The smallest absolute Gasteiger partial charge is 0.316 e. The van der Waals surface area contributed by atoms with Crippen molar-refractivity contribution in [1.82, 2.24) is 15.1 Å². The molecule has 1 aliphatic rings. The first kappa shape index (κ1) is 10.5. The van der Waals surface area contributed by atoms with Gasteiger partial charge >= 0.3 is 6.18 Å². The summed E-state index contributed by atoms with van der Waals surface area (Å²) in [5.41, 5.74) is -0.300. The highest BCUT2D eigenvalue weighted by atomic mass is 19.4. The first-order chi connectivity index (χ1) is 7.00. The second kappa shape index (κ2) is 3.52. The molecule has 0 spiro atoms. The van der Waals surface area contributed by atoms with Gasteiger partial charge in [0.25, 0.3) is 0 Å². The Morgan fingerprint density at radius 1 is 1.53 bits per heavy atom. The molecule has 0 bridgehead atoms. The van der Waals surface area contributed by atoms with E-state index in [1.54, 1.807) is 7.05 Å². The SMILES string of the molecule is Cn1ncc(C(F)(F)F)c1C1CCNC1. The Kier molecular flexibility index (Phi) is 2.46. The topological polar surface area (TPSA) is 29.9 Å². The second-order valence-corrected chi connectivity index (χ2v) is 3.75. The van der Waals surface area contributed by atoms with Crippen molar-refractivity contribution >= 4 is 0 Å². The number of nitrogens with one attached hydrogen (secondary N) is 1. The molecule has 1 atom stereocenters. The van der Waals surface area contributed by atoms with Gasteiger partial charge < -0.3 is 5.32 Å². The molecule has 1 aliphatic heterocycles. The lowest BCUT2D eigenvalue weighted by molar-refractivity contribution is -0.138. The van der Waals surface area contributed by atoms with Crippen molar-refractivity contribution in [2.24, 2.45) is 7.05 Å². The van der Waals surface area contributed by atoms with Gasteiger partial charge in [-0.3, -0.25) is 4.68 Å². The number of aromatic nitrogens is 2. The van der Waals surface area contributed by atoms with Crippen molar-refractivity contribution in [2.75, 3.05) is 13.1 Å². The monoisotopic (exact) mass is 219 g/mol. The zero-order valence-electron chi connectivity index (χ0n) is 8.30. The molecule has 0 amide bonds. The van der Waals surface area contributed by atoms with Gasteiger partial charge in [0.15, 0.2) is 0 Å². The molecule has 0 aromatic carbocycles. The number of aryl methyl sites for hydroxylation is 1. The minimum absolute atomic E-state index is 0.0749. The second-order valence-electron chi connectivity index (χ2n) is 3.75. The fourth-order valence-corrected chi connectivity index (χ4v) is 2.04. The van der Waals surface area contributed by atoms with Gasteiger partial charge in [-0.1, -0.05) is 0 Å². The van der Waals surface area contributed by atoms with E-state index in [-0.39, 0.29) is 5.92 Å². The number of hydrogen-bond donors (Lipinski definition) is 1. The Morgan fingerprint density at radius 2 is 2.27 bits per heavy atom. The Balaban J connectivity index is 2.39. The molecule has 15 heavy (non-hydrogen) atoms. The predicted molar refractivity (Wildman–Crippen MR) is 48.4 cm³/mol. The third kappa shape index (κ3) is 1.86. The minimum atomic E-state index is -4.30. The van der Waals surface area contributed by atoms with Crippen molar-refractivity contribution in [3.05, 3.63) is 17.5 Å². The summed E-state index contributed by atoms with van der Waals surface area (Å²) < 4.78 is 39.3. The maximum Gasteiger partial charge on any atom is 0.419 e. The standard InChI is InChI=1S/C9H12F3N3/c1-15-8(6-2-3-13-4-6)7(5-14-15)9(10,11)12/h5-6,13H,2-4H2,1H3. The molecule has 6 heteroatoms. The van der Waals surface area contributed by atoms with Crippen LogP contribution in [0.1, 0.15) is 23.6 Å². The Hall–Kier alpha value is -1.04. The molecule has 0 radical (unpaired) electrons. The molecule has 1 fully saturated rings. The summed E-state index contributed by atoms with van der Waals surface area (Å²) in [6, 6.07) is 0. The molecule has 3 nitrogen and oxygen atoms in total. The van der Waals surface area contributed by atoms with Crippen molar-refractivity contribution in [3.63, 3.8) is 0 Å². The van der Waals surface area contributed by atoms with E-state index in [9.17, 15) is 13.2 Å². The van der Waals surface area contributed by atoms with Gasteiger partial charge in [0.2, 0.25) is 0 Å². The van der Waals surface area contributed by atoms with Crippen LogP contribution in [0.5, 0.6) is 0 Å². The van der Waals surface area contributed by atoms with Crippen LogP contribution < -0.4 is 5.32 Å². The molecule has 1 N–H and O–H groups in total. The highest BCUT2D eigenvalue weighted by molar-refractivity contribution is 5.26. The zero-order chi connectivity index (χ0) is 11.1. The molecule has 0 aliphatic carbocycles. The van der Waals surface area contributed by atoms with E-state index in [0.29, 0.717) is 12.2 Å². The van der Waals surface area contributed by atoms with Crippen LogP contribution in [0.2, 0.25) is 0 Å². The highest BCUT2D eigenvalue weighted by Gasteiger charge is 2.38. The number of nitrogens with zero attached hydrogens (tertiary/aromatic N) is 2. The summed E-state index contributed by atoms with van der Waals surface area (Å²) in [5.74, 6) is -0.0749. The van der Waals surface area contributed by atoms with E-state index in [0.717, 1.165) is 19.2 Å². The first-order valence-corrected chi connectivity index (χ1v) is 4.80. The lowest BCUT2D eigenvalue weighted by Gasteiger charge is -2.13. The largest absolute Gasteiger partial charge is 0.419 e. The van der Waals surface area contributed by atoms with Crippen molar-refractivity contribution in [1.29, 1.82) is 0 Å². The van der Waals surface area contributed by atoms with Crippen molar-refractivity contribution in [2.45, 2.75) is 18.5 Å². The van der Waals surface area contributed by atoms with Gasteiger partial charge in [-0.15, -0.1) is 0 Å². The van der Waals surface area contributed by atoms with E-state index in [1.165, 1.54) is 4.68 Å². The molecule has 1 aromatic heterocycles. The average molecular weight is 219 g/mol. The summed E-state index contributed by atoms with van der Waals surface area (Å²) in [5, 5.41) is 6.75. The molecular weight excluding hydrogens is 207 g/mol. The molecule has 1 saturated heterocycles. The molecule has 1 unspecified atom stereocenters. The van der Waals surface area contributed by atoms with Crippen LogP contribution in [0, 0.1) is 0 Å². The lowest BCUT2D eigenvalue weighted by Crippen LogP contribution is -2.15. The Labute approximate surface area is 85.3 Å². The van der Waals surface area contributed by atoms with E-state index < -0.39 is 11.7 Å². The van der Waals surface area contributed by atoms with E-state index >= 15 is 0 Å². The number of hydrogen-bond acceptors (Lipinski definition) is 2. The molecule has 2 heterocycles. The van der Waals surface area contributed by atoms with Gasteiger partial charge in [0.05, 0.1) is 17.5 Å². The fraction of sp³-hybridized carbons (Fsp3) is 0.667. The quantitative estimate of drug-likeness (QED) is 0.776. The maximum absolute atomic E-state index is 12.6. The summed E-state index contributed by atoms with van der Waals surface area (Å²) >= 11 is 0. The molecule has 84 valence electrons.